The van der Waals surface area contributed by atoms with Crippen LogP contribution in [-0.4, -0.2) is 15.9 Å². The fourth-order valence-corrected chi connectivity index (χ4v) is 3.01. The Morgan fingerprint density at radius 1 is 1.11 bits per heavy atom. The van der Waals surface area contributed by atoms with E-state index in [9.17, 15) is 9.59 Å². The smallest absolute Gasteiger partial charge is 0.379 e. The van der Waals surface area contributed by atoms with Crippen molar-refractivity contribution in [1.29, 1.82) is 0 Å². The second-order valence-electron chi connectivity index (χ2n) is 5.43. The number of hydrogen-bond donors (Lipinski definition) is 0. The fraction of sp³-hybridized carbons (Fsp3) is 0.0526. The van der Waals surface area contributed by atoms with Gasteiger partial charge < -0.3 is 13.6 Å². The second-order valence-corrected chi connectivity index (χ2v) is 6.38. The van der Waals surface area contributed by atoms with E-state index < -0.39 is 11.4 Å². The molecule has 0 aliphatic rings. The lowest BCUT2D eigenvalue weighted by Gasteiger charge is -2.03. The topological polar surface area (TPSA) is 95.4 Å². The number of rotatable bonds is 5. The molecular formula is C19H12N2O5S. The number of fused-ring (bicyclic) bond motifs is 1. The zero-order valence-electron chi connectivity index (χ0n) is 13.8. The van der Waals surface area contributed by atoms with E-state index in [4.69, 9.17) is 13.6 Å². The maximum atomic E-state index is 12.2. The molecule has 4 rings (SSSR count). The van der Waals surface area contributed by atoms with Crippen LogP contribution < -0.4 is 10.2 Å². The number of carbonyl (C=O) groups excluding carboxylic acids is 1. The first-order valence-electron chi connectivity index (χ1n) is 7.91. The summed E-state index contributed by atoms with van der Waals surface area (Å²) in [5.74, 6) is -0.169. The molecule has 0 fully saturated rings. The van der Waals surface area contributed by atoms with Gasteiger partial charge in [-0.2, -0.15) is 0 Å². The van der Waals surface area contributed by atoms with Crippen LogP contribution in [0, 0.1) is 0 Å². The normalized spacial score (nSPS) is 10.8. The number of thioether (sulfide) groups is 1. The Labute approximate surface area is 157 Å². The number of ether oxygens (including phenoxy) is 1. The average molecular weight is 380 g/mol. The van der Waals surface area contributed by atoms with E-state index in [0.717, 1.165) is 11.6 Å². The summed E-state index contributed by atoms with van der Waals surface area (Å²) in [7, 11) is 0. The van der Waals surface area contributed by atoms with Crippen LogP contribution >= 0.6 is 11.8 Å². The number of hydrogen-bond acceptors (Lipinski definition) is 8. The van der Waals surface area contributed by atoms with Crippen LogP contribution in [0.3, 0.4) is 0 Å². The quantitative estimate of drug-likeness (QED) is 0.294. The van der Waals surface area contributed by atoms with E-state index >= 15 is 0 Å². The summed E-state index contributed by atoms with van der Waals surface area (Å²) in [4.78, 5) is 32.6. The minimum atomic E-state index is -0.765. The Kier molecular flexibility index (Phi) is 4.71. The van der Waals surface area contributed by atoms with Gasteiger partial charge in [0.2, 0.25) is 16.9 Å². The van der Waals surface area contributed by atoms with Crippen molar-refractivity contribution in [3.05, 3.63) is 82.9 Å². The van der Waals surface area contributed by atoms with Crippen molar-refractivity contribution in [3.8, 4) is 5.75 Å². The lowest BCUT2D eigenvalue weighted by Crippen LogP contribution is -2.14. The summed E-state index contributed by atoms with van der Waals surface area (Å²) in [5.41, 5.74) is 0.0993. The number of furan rings is 1. The molecule has 7 nitrogen and oxygen atoms in total. The summed E-state index contributed by atoms with van der Waals surface area (Å²) in [6, 6.07) is 11.7. The molecule has 3 heterocycles. The number of esters is 1. The third-order valence-electron chi connectivity index (χ3n) is 3.57. The summed E-state index contributed by atoms with van der Waals surface area (Å²) in [6.07, 6.45) is 4.38. The monoisotopic (exact) mass is 380 g/mol. The van der Waals surface area contributed by atoms with Crippen molar-refractivity contribution in [2.45, 2.75) is 10.9 Å². The standard InChI is InChI=1S/C19H12N2O5S/c22-14-9-13(11-27-19-20-6-3-7-21-19)24-10-17(14)26-18(23)16-8-12-4-1-2-5-15(12)25-16/h1-10H,11H2. The molecule has 0 saturated heterocycles. The summed E-state index contributed by atoms with van der Waals surface area (Å²) in [6.45, 7) is 0. The van der Waals surface area contributed by atoms with Crippen molar-refractivity contribution in [1.82, 2.24) is 9.97 Å². The van der Waals surface area contributed by atoms with E-state index in [-0.39, 0.29) is 11.5 Å². The van der Waals surface area contributed by atoms with Gasteiger partial charge in [0, 0.05) is 23.8 Å². The Morgan fingerprint density at radius 2 is 1.93 bits per heavy atom. The molecule has 0 spiro atoms. The second kappa shape index (κ2) is 7.46. The first-order chi connectivity index (χ1) is 13.2. The van der Waals surface area contributed by atoms with Crippen LogP contribution in [0.2, 0.25) is 0 Å². The maximum Gasteiger partial charge on any atom is 0.379 e. The molecule has 0 atom stereocenters. The highest BCUT2D eigenvalue weighted by molar-refractivity contribution is 7.98. The molecular weight excluding hydrogens is 368 g/mol. The molecule has 0 radical (unpaired) electrons. The van der Waals surface area contributed by atoms with Gasteiger partial charge in [-0.1, -0.05) is 30.0 Å². The first-order valence-corrected chi connectivity index (χ1v) is 8.90. The third-order valence-corrected chi connectivity index (χ3v) is 4.47. The van der Waals surface area contributed by atoms with Gasteiger partial charge >= 0.3 is 5.97 Å². The van der Waals surface area contributed by atoms with Gasteiger partial charge in [0.05, 0.1) is 5.75 Å². The zero-order valence-corrected chi connectivity index (χ0v) is 14.6. The first kappa shape index (κ1) is 17.0. The number of aromatic nitrogens is 2. The SMILES string of the molecule is O=C(Oc1coc(CSc2ncccn2)cc1=O)c1cc2ccccc2o1. The highest BCUT2D eigenvalue weighted by atomic mass is 32.2. The van der Waals surface area contributed by atoms with Crippen LogP contribution in [0.4, 0.5) is 0 Å². The van der Waals surface area contributed by atoms with Crippen LogP contribution in [-0.2, 0) is 5.75 Å². The summed E-state index contributed by atoms with van der Waals surface area (Å²) >= 11 is 1.32. The highest BCUT2D eigenvalue weighted by Gasteiger charge is 2.17. The maximum absolute atomic E-state index is 12.2. The number of para-hydroxylation sites is 1. The van der Waals surface area contributed by atoms with Gasteiger partial charge in [-0.05, 0) is 18.2 Å². The van der Waals surface area contributed by atoms with Gasteiger partial charge in [0.1, 0.15) is 17.6 Å². The Hall–Kier alpha value is -3.39. The molecule has 0 saturated carbocycles. The van der Waals surface area contributed by atoms with Crippen molar-refractivity contribution in [3.63, 3.8) is 0 Å². The fourth-order valence-electron chi connectivity index (χ4n) is 2.32. The molecule has 4 aromatic rings. The predicted octanol–water partition coefficient (Wildman–Crippen LogP) is 3.69. The minimum absolute atomic E-state index is 0.0106. The Balaban J connectivity index is 1.46. The average Bonchev–Trinajstić information content (AvgIpc) is 3.13. The van der Waals surface area contributed by atoms with Gasteiger partial charge in [0.15, 0.2) is 5.16 Å². The number of nitrogens with zero attached hydrogens (tertiary/aromatic N) is 2. The molecule has 134 valence electrons. The van der Waals surface area contributed by atoms with Crippen LogP contribution in [0.1, 0.15) is 16.3 Å². The predicted molar refractivity (Wildman–Crippen MR) is 97.7 cm³/mol. The molecule has 0 aliphatic carbocycles. The summed E-state index contributed by atoms with van der Waals surface area (Å²) in [5, 5.41) is 1.34. The Bertz CT molecular complexity index is 1120. The third kappa shape index (κ3) is 3.90. The van der Waals surface area contributed by atoms with Crippen LogP contribution in [0.25, 0.3) is 11.0 Å². The minimum Gasteiger partial charge on any atom is -0.464 e. The highest BCUT2D eigenvalue weighted by Crippen LogP contribution is 2.21. The molecule has 3 aromatic heterocycles. The van der Waals surface area contributed by atoms with Gasteiger partial charge in [-0.3, -0.25) is 4.79 Å². The molecule has 0 aliphatic heterocycles. The molecule has 8 heteroatoms. The molecule has 27 heavy (non-hydrogen) atoms. The number of benzene rings is 1. The molecule has 0 amide bonds. The van der Waals surface area contributed by atoms with E-state index in [0.29, 0.717) is 22.3 Å². The molecule has 0 N–H and O–H groups in total. The molecule has 1 aromatic carbocycles. The molecule has 0 bridgehead atoms. The van der Waals surface area contributed by atoms with Crippen molar-refractivity contribution >= 4 is 28.7 Å². The lowest BCUT2D eigenvalue weighted by molar-refractivity contribution is 0.0698. The van der Waals surface area contributed by atoms with Crippen molar-refractivity contribution in [2.24, 2.45) is 0 Å². The van der Waals surface area contributed by atoms with E-state index in [1.54, 1.807) is 36.7 Å². The Morgan fingerprint density at radius 3 is 2.70 bits per heavy atom. The zero-order chi connectivity index (χ0) is 18.6. The lowest BCUT2D eigenvalue weighted by atomic mass is 10.2. The van der Waals surface area contributed by atoms with Gasteiger partial charge in [0.25, 0.3) is 0 Å². The van der Waals surface area contributed by atoms with E-state index in [1.165, 1.54) is 17.8 Å². The van der Waals surface area contributed by atoms with E-state index in [1.807, 2.05) is 12.1 Å². The van der Waals surface area contributed by atoms with Crippen LogP contribution in [0.5, 0.6) is 5.75 Å². The largest absolute Gasteiger partial charge is 0.464 e. The van der Waals surface area contributed by atoms with Gasteiger partial charge in [-0.25, -0.2) is 14.8 Å². The van der Waals surface area contributed by atoms with E-state index in [2.05, 4.69) is 9.97 Å². The summed E-state index contributed by atoms with van der Waals surface area (Å²) < 4.78 is 15.9. The van der Waals surface area contributed by atoms with Gasteiger partial charge in [-0.15, -0.1) is 0 Å². The number of carbonyl (C=O) groups is 1. The molecule has 0 unspecified atom stereocenters. The van der Waals surface area contributed by atoms with Crippen LogP contribution in [0.15, 0.2) is 79.9 Å². The van der Waals surface area contributed by atoms with Crippen molar-refractivity contribution in [2.75, 3.05) is 0 Å². The van der Waals surface area contributed by atoms with Crippen molar-refractivity contribution < 1.29 is 18.4 Å².